The van der Waals surface area contributed by atoms with E-state index in [0.29, 0.717) is 18.7 Å². The highest BCUT2D eigenvalue weighted by molar-refractivity contribution is 7.89. The number of carbonyl (C=O) groups is 2. The summed E-state index contributed by atoms with van der Waals surface area (Å²) in [5, 5.41) is 0. The lowest BCUT2D eigenvalue weighted by atomic mass is 10.1. The van der Waals surface area contributed by atoms with Crippen LogP contribution in [0.25, 0.3) is 0 Å². The molecule has 0 unspecified atom stereocenters. The van der Waals surface area contributed by atoms with Crippen molar-refractivity contribution in [1.29, 1.82) is 0 Å². The molecule has 0 saturated heterocycles. The van der Waals surface area contributed by atoms with E-state index >= 15 is 0 Å². The SMILES string of the molecule is C[C@@H]1Cc2cc(S(=O)(=O)NCCC(=O)N(C)Cc3ccco3)ccc2N1C(=O)C1CC1. The molecule has 4 rings (SSSR count). The van der Waals surface area contributed by atoms with E-state index < -0.39 is 10.0 Å². The van der Waals surface area contributed by atoms with Gasteiger partial charge in [0.2, 0.25) is 21.8 Å². The van der Waals surface area contributed by atoms with Gasteiger partial charge in [-0.25, -0.2) is 13.1 Å². The summed E-state index contributed by atoms with van der Waals surface area (Å²) >= 11 is 0. The van der Waals surface area contributed by atoms with Crippen molar-refractivity contribution in [1.82, 2.24) is 9.62 Å². The number of nitrogens with one attached hydrogen (secondary N) is 1. The molecular weight excluding hydrogens is 418 g/mol. The Morgan fingerprint density at radius 3 is 2.71 bits per heavy atom. The van der Waals surface area contributed by atoms with E-state index in [1.807, 2.05) is 11.8 Å². The monoisotopic (exact) mass is 445 g/mol. The summed E-state index contributed by atoms with van der Waals surface area (Å²) in [6.45, 7) is 2.32. The van der Waals surface area contributed by atoms with Gasteiger partial charge in [0.1, 0.15) is 5.76 Å². The summed E-state index contributed by atoms with van der Waals surface area (Å²) in [5.74, 6) is 0.730. The highest BCUT2D eigenvalue weighted by Gasteiger charge is 2.39. The predicted molar refractivity (Wildman–Crippen MR) is 115 cm³/mol. The average molecular weight is 446 g/mol. The normalized spacial score (nSPS) is 18.1. The number of sulfonamides is 1. The predicted octanol–water partition coefficient (Wildman–Crippen LogP) is 2.29. The van der Waals surface area contributed by atoms with Crippen LogP contribution in [0.1, 0.15) is 37.5 Å². The first-order valence-electron chi connectivity index (χ1n) is 10.5. The maximum Gasteiger partial charge on any atom is 0.240 e. The second-order valence-electron chi connectivity index (χ2n) is 8.30. The lowest BCUT2D eigenvalue weighted by molar-refractivity contribution is -0.130. The van der Waals surface area contributed by atoms with E-state index in [2.05, 4.69) is 4.72 Å². The van der Waals surface area contributed by atoms with Gasteiger partial charge >= 0.3 is 0 Å². The van der Waals surface area contributed by atoms with Crippen LogP contribution in [0, 0.1) is 5.92 Å². The minimum Gasteiger partial charge on any atom is -0.467 e. The van der Waals surface area contributed by atoms with Crippen LogP contribution in [0.3, 0.4) is 0 Å². The van der Waals surface area contributed by atoms with Gasteiger partial charge in [0.15, 0.2) is 0 Å². The first-order chi connectivity index (χ1) is 14.8. The third-order valence-electron chi connectivity index (χ3n) is 5.77. The summed E-state index contributed by atoms with van der Waals surface area (Å²) in [7, 11) is -2.11. The Balaban J connectivity index is 1.36. The Morgan fingerprint density at radius 1 is 1.26 bits per heavy atom. The third kappa shape index (κ3) is 4.67. The summed E-state index contributed by atoms with van der Waals surface area (Å²) in [4.78, 5) is 28.3. The molecule has 31 heavy (non-hydrogen) atoms. The summed E-state index contributed by atoms with van der Waals surface area (Å²) in [6.07, 6.45) is 4.09. The average Bonchev–Trinajstić information content (AvgIpc) is 3.35. The molecule has 9 heteroatoms. The Kier molecular flexibility index (Phi) is 5.90. The van der Waals surface area contributed by atoms with Crippen LogP contribution in [0.2, 0.25) is 0 Å². The van der Waals surface area contributed by atoms with Crippen molar-refractivity contribution in [2.75, 3.05) is 18.5 Å². The van der Waals surface area contributed by atoms with E-state index in [9.17, 15) is 18.0 Å². The molecule has 0 bridgehead atoms. The van der Waals surface area contributed by atoms with Gasteiger partial charge in [-0.15, -0.1) is 0 Å². The number of benzene rings is 1. The maximum absolute atomic E-state index is 12.7. The molecule has 8 nitrogen and oxygen atoms in total. The van der Waals surface area contributed by atoms with Crippen molar-refractivity contribution >= 4 is 27.5 Å². The van der Waals surface area contributed by atoms with E-state index in [4.69, 9.17) is 4.42 Å². The summed E-state index contributed by atoms with van der Waals surface area (Å²) in [5.41, 5.74) is 1.66. The molecule has 0 spiro atoms. The van der Waals surface area contributed by atoms with Crippen molar-refractivity contribution in [3.8, 4) is 0 Å². The fourth-order valence-corrected chi connectivity index (χ4v) is 5.01. The Morgan fingerprint density at radius 2 is 2.03 bits per heavy atom. The van der Waals surface area contributed by atoms with Gasteiger partial charge in [0, 0.05) is 37.7 Å². The number of hydrogen-bond acceptors (Lipinski definition) is 5. The van der Waals surface area contributed by atoms with Crippen LogP contribution >= 0.6 is 0 Å². The molecule has 2 aromatic rings. The number of amides is 2. The zero-order valence-electron chi connectivity index (χ0n) is 17.7. The van der Waals surface area contributed by atoms with Gasteiger partial charge in [-0.05, 0) is 62.1 Å². The van der Waals surface area contributed by atoms with Gasteiger partial charge in [-0.2, -0.15) is 0 Å². The number of hydrogen-bond donors (Lipinski definition) is 1. The Hall–Kier alpha value is -2.65. The first kappa shape index (κ1) is 21.6. The van der Waals surface area contributed by atoms with Gasteiger partial charge in [0.25, 0.3) is 0 Å². The van der Waals surface area contributed by atoms with Gasteiger partial charge < -0.3 is 14.2 Å². The Bertz CT molecular complexity index is 1080. The fraction of sp³-hybridized carbons (Fsp3) is 0.455. The summed E-state index contributed by atoms with van der Waals surface area (Å²) in [6, 6.07) is 8.43. The van der Waals surface area contributed by atoms with Gasteiger partial charge in [0.05, 0.1) is 17.7 Å². The molecule has 1 aliphatic carbocycles. The molecule has 1 atom stereocenters. The third-order valence-corrected chi connectivity index (χ3v) is 7.23. The second kappa shape index (κ2) is 8.47. The molecule has 2 amide bonds. The van der Waals surface area contributed by atoms with Crippen molar-refractivity contribution < 1.29 is 22.4 Å². The number of anilines is 1. The van der Waals surface area contributed by atoms with Gasteiger partial charge in [-0.3, -0.25) is 9.59 Å². The zero-order valence-corrected chi connectivity index (χ0v) is 18.5. The topological polar surface area (TPSA) is 99.9 Å². The quantitative estimate of drug-likeness (QED) is 0.672. The molecule has 1 saturated carbocycles. The van der Waals surface area contributed by atoms with Crippen LogP contribution in [0.4, 0.5) is 5.69 Å². The van der Waals surface area contributed by atoms with Crippen molar-refractivity contribution in [3.63, 3.8) is 0 Å². The lowest BCUT2D eigenvalue weighted by Crippen LogP contribution is -2.36. The standard InChI is InChI=1S/C22H27N3O5S/c1-15-12-17-13-19(7-8-20(17)25(15)22(27)16-5-6-16)31(28,29)23-10-9-21(26)24(2)14-18-4-3-11-30-18/h3-4,7-8,11,13,15-16,23H,5-6,9-10,12,14H2,1-2H3/t15-/m1/s1. The number of fused-ring (bicyclic) bond motifs is 1. The van der Waals surface area contributed by atoms with Crippen LogP contribution < -0.4 is 9.62 Å². The smallest absolute Gasteiger partial charge is 0.240 e. The zero-order chi connectivity index (χ0) is 22.2. The first-order valence-corrected chi connectivity index (χ1v) is 12.0. The van der Waals surface area contributed by atoms with E-state index in [1.54, 1.807) is 37.6 Å². The molecule has 1 aromatic heterocycles. The molecule has 2 aliphatic rings. The molecule has 2 heterocycles. The van der Waals surface area contributed by atoms with E-state index in [-0.39, 0.29) is 41.6 Å². The highest BCUT2D eigenvalue weighted by atomic mass is 32.2. The number of rotatable bonds is 8. The number of furan rings is 1. The number of carbonyl (C=O) groups excluding carboxylic acids is 2. The van der Waals surface area contributed by atoms with Crippen LogP contribution in [-0.4, -0.2) is 44.8 Å². The fourth-order valence-electron chi connectivity index (χ4n) is 3.93. The van der Waals surface area contributed by atoms with Crippen molar-refractivity contribution in [2.24, 2.45) is 5.92 Å². The molecule has 0 radical (unpaired) electrons. The van der Waals surface area contributed by atoms with Crippen LogP contribution in [0.5, 0.6) is 0 Å². The minimum absolute atomic E-state index is 0.00341. The maximum atomic E-state index is 12.7. The highest BCUT2D eigenvalue weighted by Crippen LogP contribution is 2.39. The van der Waals surface area contributed by atoms with Crippen LogP contribution in [-0.2, 0) is 32.6 Å². The molecule has 1 fully saturated rings. The molecular formula is C22H27N3O5S. The Labute approximate surface area is 182 Å². The molecule has 1 aliphatic heterocycles. The van der Waals surface area contributed by atoms with Crippen molar-refractivity contribution in [2.45, 2.75) is 50.1 Å². The minimum atomic E-state index is -3.76. The molecule has 1 aromatic carbocycles. The van der Waals surface area contributed by atoms with Crippen molar-refractivity contribution in [3.05, 3.63) is 47.9 Å². The molecule has 1 N–H and O–H groups in total. The van der Waals surface area contributed by atoms with Crippen LogP contribution in [0.15, 0.2) is 45.9 Å². The van der Waals surface area contributed by atoms with E-state index in [0.717, 1.165) is 24.1 Å². The molecule has 166 valence electrons. The van der Waals surface area contributed by atoms with E-state index in [1.165, 1.54) is 11.0 Å². The number of nitrogens with zero attached hydrogens (tertiary/aromatic N) is 2. The largest absolute Gasteiger partial charge is 0.467 e. The lowest BCUT2D eigenvalue weighted by Gasteiger charge is -2.22. The van der Waals surface area contributed by atoms with Gasteiger partial charge in [-0.1, -0.05) is 0 Å². The second-order valence-corrected chi connectivity index (χ2v) is 10.1. The summed E-state index contributed by atoms with van der Waals surface area (Å²) < 4.78 is 33.2.